The molecule has 3 heterocycles. The van der Waals surface area contributed by atoms with Gasteiger partial charge in [0, 0.05) is 24.9 Å². The molecular weight excluding hydrogens is 340 g/mol. The lowest BCUT2D eigenvalue weighted by Crippen LogP contribution is -2.39. The lowest BCUT2D eigenvalue weighted by molar-refractivity contribution is 0.251. The number of aromatic nitrogens is 3. The average Bonchev–Trinajstić information content (AvgIpc) is 3.12. The Morgan fingerprint density at radius 3 is 2.72 bits per heavy atom. The zero-order valence-corrected chi connectivity index (χ0v) is 14.3. The first-order valence-electron chi connectivity index (χ1n) is 8.21. The number of rotatable bonds is 3. The molecule has 0 aliphatic carbocycles. The first-order valence-corrected chi connectivity index (χ1v) is 9.65. The predicted octanol–water partition coefficient (Wildman–Crippen LogP) is 1.94. The first kappa shape index (κ1) is 16.0. The molecule has 0 bridgehead atoms. The monoisotopic (exact) mass is 358 g/mol. The quantitative estimate of drug-likeness (QED) is 0.775. The largest absolute Gasteiger partial charge is 0.297 e. The smallest absolute Gasteiger partial charge is 0.272 e. The molecule has 1 atom stereocenters. The van der Waals surface area contributed by atoms with Gasteiger partial charge in [0.1, 0.15) is 0 Å². The van der Waals surface area contributed by atoms with Crippen LogP contribution in [0.1, 0.15) is 31.0 Å². The summed E-state index contributed by atoms with van der Waals surface area (Å²) >= 11 is 0. The van der Waals surface area contributed by atoms with Crippen molar-refractivity contribution in [1.82, 2.24) is 18.9 Å². The van der Waals surface area contributed by atoms with Crippen LogP contribution < -0.4 is 5.56 Å². The van der Waals surface area contributed by atoms with Gasteiger partial charge in [0.25, 0.3) is 5.56 Å². The second-order valence-electron chi connectivity index (χ2n) is 6.12. The van der Waals surface area contributed by atoms with Crippen molar-refractivity contribution in [2.75, 3.05) is 6.54 Å². The minimum absolute atomic E-state index is 0.243. The van der Waals surface area contributed by atoms with Gasteiger partial charge in [-0.1, -0.05) is 24.6 Å². The van der Waals surface area contributed by atoms with Gasteiger partial charge in [-0.3, -0.25) is 9.89 Å². The van der Waals surface area contributed by atoms with Crippen molar-refractivity contribution in [3.05, 3.63) is 64.7 Å². The summed E-state index contributed by atoms with van der Waals surface area (Å²) < 4.78 is 29.0. The van der Waals surface area contributed by atoms with E-state index in [0.717, 1.165) is 12.8 Å². The molecule has 0 radical (unpaired) electrons. The topological polar surface area (TPSA) is 87.5 Å². The molecule has 1 saturated heterocycles. The number of fused-ring (bicyclic) bond motifs is 1. The average molecular weight is 358 g/mol. The van der Waals surface area contributed by atoms with E-state index >= 15 is 0 Å². The molecule has 3 aromatic rings. The Morgan fingerprint density at radius 1 is 1.12 bits per heavy atom. The van der Waals surface area contributed by atoms with Gasteiger partial charge in [0.15, 0.2) is 5.65 Å². The van der Waals surface area contributed by atoms with Crippen LogP contribution in [-0.2, 0) is 10.0 Å². The Balaban J connectivity index is 1.80. The van der Waals surface area contributed by atoms with Crippen molar-refractivity contribution in [1.29, 1.82) is 0 Å². The molecule has 2 aromatic heterocycles. The molecule has 7 nitrogen and oxygen atoms in total. The summed E-state index contributed by atoms with van der Waals surface area (Å²) in [5.74, 6) is 0. The van der Waals surface area contributed by atoms with Crippen LogP contribution in [0.3, 0.4) is 0 Å². The van der Waals surface area contributed by atoms with Crippen LogP contribution in [0.5, 0.6) is 0 Å². The number of H-pyrrole nitrogens is 1. The third kappa shape index (κ3) is 2.77. The van der Waals surface area contributed by atoms with Crippen molar-refractivity contribution in [3.8, 4) is 0 Å². The second kappa shape index (κ2) is 6.12. The van der Waals surface area contributed by atoms with Crippen molar-refractivity contribution in [3.63, 3.8) is 0 Å². The molecule has 1 fully saturated rings. The maximum atomic E-state index is 13.1. The minimum Gasteiger partial charge on any atom is -0.297 e. The molecule has 1 aliphatic heterocycles. The highest BCUT2D eigenvalue weighted by atomic mass is 32.2. The molecule has 1 aromatic carbocycles. The van der Waals surface area contributed by atoms with Gasteiger partial charge in [-0.05, 0) is 25.0 Å². The van der Waals surface area contributed by atoms with Crippen LogP contribution in [0, 0.1) is 0 Å². The number of hydrogen-bond donors (Lipinski definition) is 1. The Bertz CT molecular complexity index is 1060. The van der Waals surface area contributed by atoms with E-state index in [0.29, 0.717) is 24.3 Å². The molecule has 0 saturated carbocycles. The highest BCUT2D eigenvalue weighted by Crippen LogP contribution is 2.34. The fraction of sp³-hybridized carbons (Fsp3) is 0.294. The van der Waals surface area contributed by atoms with Crippen LogP contribution in [0.15, 0.2) is 58.4 Å². The van der Waals surface area contributed by atoms with E-state index in [9.17, 15) is 13.2 Å². The molecule has 0 unspecified atom stereocenters. The predicted molar refractivity (Wildman–Crippen MR) is 92.7 cm³/mol. The lowest BCUT2D eigenvalue weighted by Gasteiger charge is -2.34. The zero-order chi connectivity index (χ0) is 17.4. The van der Waals surface area contributed by atoms with Gasteiger partial charge in [-0.2, -0.15) is 4.31 Å². The normalized spacial score (nSPS) is 19.3. The first-order chi connectivity index (χ1) is 12.1. The fourth-order valence-electron chi connectivity index (χ4n) is 3.33. The molecular formula is C17H18N4O3S. The summed E-state index contributed by atoms with van der Waals surface area (Å²) in [5, 5.41) is 2.80. The SMILES string of the molecule is O=c1cc([C@@H]2CCCCN2S(=O)(=O)c2ccccc2)nc2cc[nH]n12. The summed E-state index contributed by atoms with van der Waals surface area (Å²) in [7, 11) is -3.64. The number of nitrogens with one attached hydrogen (secondary N) is 1. The van der Waals surface area contributed by atoms with E-state index in [4.69, 9.17) is 0 Å². The maximum absolute atomic E-state index is 13.1. The van der Waals surface area contributed by atoms with Crippen LogP contribution in [0.25, 0.3) is 5.65 Å². The van der Waals surface area contributed by atoms with Crippen LogP contribution in [0.4, 0.5) is 0 Å². The van der Waals surface area contributed by atoms with Crippen molar-refractivity contribution >= 4 is 15.7 Å². The van der Waals surface area contributed by atoms with Gasteiger partial charge in [-0.25, -0.2) is 17.9 Å². The van der Waals surface area contributed by atoms with Crippen molar-refractivity contribution in [2.45, 2.75) is 30.2 Å². The van der Waals surface area contributed by atoms with Gasteiger partial charge < -0.3 is 0 Å². The van der Waals surface area contributed by atoms with E-state index in [1.54, 1.807) is 42.6 Å². The molecule has 0 spiro atoms. The molecule has 1 aliphatic rings. The van der Waals surface area contributed by atoms with Crippen LogP contribution in [0.2, 0.25) is 0 Å². The van der Waals surface area contributed by atoms with Crippen LogP contribution >= 0.6 is 0 Å². The number of hydrogen-bond acceptors (Lipinski definition) is 4. The van der Waals surface area contributed by atoms with Gasteiger partial charge in [-0.15, -0.1) is 0 Å². The summed E-state index contributed by atoms with van der Waals surface area (Å²) in [4.78, 5) is 17.0. The highest BCUT2D eigenvalue weighted by molar-refractivity contribution is 7.89. The van der Waals surface area contributed by atoms with Gasteiger partial charge in [0.05, 0.1) is 16.6 Å². The standard InChI is InChI=1S/C17H18N4O3S/c22-17-12-14(19-16-9-10-18-21(16)17)15-8-4-5-11-20(15)25(23,24)13-6-2-1-3-7-13/h1-3,6-7,9-10,12,15,18H,4-5,8,11H2/t15-/m0/s1. The molecule has 4 rings (SSSR count). The highest BCUT2D eigenvalue weighted by Gasteiger charge is 2.35. The molecule has 130 valence electrons. The zero-order valence-electron chi connectivity index (χ0n) is 13.5. The second-order valence-corrected chi connectivity index (χ2v) is 8.01. The third-order valence-electron chi connectivity index (χ3n) is 4.55. The summed E-state index contributed by atoms with van der Waals surface area (Å²) in [5.41, 5.74) is 0.751. The van der Waals surface area contributed by atoms with E-state index in [1.807, 2.05) is 0 Å². The number of piperidine rings is 1. The van der Waals surface area contributed by atoms with E-state index in [-0.39, 0.29) is 10.5 Å². The van der Waals surface area contributed by atoms with E-state index in [1.165, 1.54) is 14.9 Å². The maximum Gasteiger partial charge on any atom is 0.272 e. The fourth-order valence-corrected chi connectivity index (χ4v) is 5.02. The van der Waals surface area contributed by atoms with Crippen molar-refractivity contribution < 1.29 is 8.42 Å². The minimum atomic E-state index is -3.64. The lowest BCUT2D eigenvalue weighted by atomic mass is 10.0. The third-order valence-corrected chi connectivity index (χ3v) is 6.47. The molecule has 8 heteroatoms. The van der Waals surface area contributed by atoms with E-state index in [2.05, 4.69) is 10.1 Å². The molecule has 0 amide bonds. The number of benzene rings is 1. The Morgan fingerprint density at radius 2 is 1.92 bits per heavy atom. The summed E-state index contributed by atoms with van der Waals surface area (Å²) in [6, 6.07) is 11.1. The molecule has 25 heavy (non-hydrogen) atoms. The molecule has 1 N–H and O–H groups in total. The van der Waals surface area contributed by atoms with E-state index < -0.39 is 16.1 Å². The Hall–Kier alpha value is -2.45. The Labute approximate surface area is 145 Å². The number of sulfonamides is 1. The van der Waals surface area contributed by atoms with Gasteiger partial charge >= 0.3 is 0 Å². The van der Waals surface area contributed by atoms with Crippen LogP contribution in [-0.4, -0.2) is 33.9 Å². The summed E-state index contributed by atoms with van der Waals surface area (Å²) in [6.07, 6.45) is 3.99. The summed E-state index contributed by atoms with van der Waals surface area (Å²) in [6.45, 7) is 0.427. The Kier molecular flexibility index (Phi) is 3.93. The van der Waals surface area contributed by atoms with Crippen molar-refractivity contribution in [2.24, 2.45) is 0 Å². The van der Waals surface area contributed by atoms with Gasteiger partial charge in [0.2, 0.25) is 10.0 Å². The number of aromatic amines is 1. The number of nitrogens with zero attached hydrogens (tertiary/aromatic N) is 3.